The van der Waals surface area contributed by atoms with Crippen LogP contribution in [0.1, 0.15) is 20.3 Å². The minimum atomic E-state index is -3.35. The first-order valence-corrected chi connectivity index (χ1v) is 8.26. The lowest BCUT2D eigenvalue weighted by Crippen LogP contribution is -2.33. The fourth-order valence-corrected chi connectivity index (χ4v) is 3.55. The minimum Gasteiger partial charge on any atom is -0.301 e. The molecule has 1 aliphatic rings. The molecule has 0 radical (unpaired) electrons. The van der Waals surface area contributed by atoms with Crippen molar-refractivity contribution in [2.45, 2.75) is 31.2 Å². The minimum absolute atomic E-state index is 0.341. The van der Waals surface area contributed by atoms with Gasteiger partial charge in [-0.25, -0.2) is 13.1 Å². The topological polar surface area (TPSA) is 49.4 Å². The van der Waals surface area contributed by atoms with Crippen LogP contribution in [-0.4, -0.2) is 39.0 Å². The third-order valence-electron chi connectivity index (χ3n) is 3.66. The van der Waals surface area contributed by atoms with Crippen molar-refractivity contribution < 1.29 is 8.42 Å². The maximum absolute atomic E-state index is 12.1. The molecule has 5 heteroatoms. The van der Waals surface area contributed by atoms with Gasteiger partial charge in [-0.05, 0) is 44.9 Å². The van der Waals surface area contributed by atoms with Gasteiger partial charge in [0.2, 0.25) is 10.0 Å². The fraction of sp³-hybridized carbons (Fsp3) is 0.571. The van der Waals surface area contributed by atoms with Crippen LogP contribution in [0.3, 0.4) is 0 Å². The van der Waals surface area contributed by atoms with E-state index in [-0.39, 0.29) is 0 Å². The van der Waals surface area contributed by atoms with Crippen LogP contribution >= 0.6 is 0 Å². The molecule has 0 bridgehead atoms. The van der Waals surface area contributed by atoms with E-state index in [1.807, 2.05) is 6.07 Å². The van der Waals surface area contributed by atoms with Crippen LogP contribution in [-0.2, 0) is 10.0 Å². The number of hydrogen-bond donors (Lipinski definition) is 1. The number of benzene rings is 1. The summed E-state index contributed by atoms with van der Waals surface area (Å²) in [6, 6.07) is 9.08. The van der Waals surface area contributed by atoms with Gasteiger partial charge in [0.25, 0.3) is 0 Å². The number of nitrogens with zero attached hydrogens (tertiary/aromatic N) is 1. The standard InChI is InChI=1S/C14H22N2O2S/c1-12(2)16-9-8-13(11-16)10-15-19(17,18)14-6-4-3-5-7-14/h3-7,12-13,15H,8-11H2,1-2H3. The highest BCUT2D eigenvalue weighted by Crippen LogP contribution is 2.18. The van der Waals surface area contributed by atoms with Gasteiger partial charge in [-0.3, -0.25) is 0 Å². The van der Waals surface area contributed by atoms with Crippen LogP contribution in [0.4, 0.5) is 0 Å². The molecule has 1 aliphatic heterocycles. The Morgan fingerprint density at radius 1 is 1.32 bits per heavy atom. The van der Waals surface area contributed by atoms with Gasteiger partial charge in [0, 0.05) is 19.1 Å². The van der Waals surface area contributed by atoms with E-state index in [2.05, 4.69) is 23.5 Å². The van der Waals surface area contributed by atoms with E-state index >= 15 is 0 Å². The average molecular weight is 282 g/mol. The maximum atomic E-state index is 12.1. The smallest absolute Gasteiger partial charge is 0.240 e. The molecule has 1 heterocycles. The number of likely N-dealkylation sites (tertiary alicyclic amines) is 1. The molecule has 0 aliphatic carbocycles. The number of nitrogens with one attached hydrogen (secondary N) is 1. The first-order valence-electron chi connectivity index (χ1n) is 6.78. The molecule has 1 N–H and O–H groups in total. The molecule has 106 valence electrons. The summed E-state index contributed by atoms with van der Waals surface area (Å²) < 4.78 is 26.9. The first kappa shape index (κ1) is 14.5. The molecule has 0 spiro atoms. The van der Waals surface area contributed by atoms with Crippen LogP contribution in [0.25, 0.3) is 0 Å². The molecular formula is C14H22N2O2S. The highest BCUT2D eigenvalue weighted by atomic mass is 32.2. The molecular weight excluding hydrogens is 260 g/mol. The van der Waals surface area contributed by atoms with E-state index in [9.17, 15) is 8.42 Å². The van der Waals surface area contributed by atoms with Crippen LogP contribution < -0.4 is 4.72 Å². The molecule has 1 fully saturated rings. The molecule has 1 saturated heterocycles. The normalized spacial score (nSPS) is 21.1. The summed E-state index contributed by atoms with van der Waals surface area (Å²) in [5.41, 5.74) is 0. The monoisotopic (exact) mass is 282 g/mol. The van der Waals surface area contributed by atoms with Crippen molar-refractivity contribution in [1.29, 1.82) is 0 Å². The Morgan fingerprint density at radius 2 is 2.00 bits per heavy atom. The lowest BCUT2D eigenvalue weighted by Gasteiger charge is -2.20. The molecule has 0 aromatic heterocycles. The largest absolute Gasteiger partial charge is 0.301 e. The molecule has 4 nitrogen and oxygen atoms in total. The van der Waals surface area contributed by atoms with Gasteiger partial charge in [0.1, 0.15) is 0 Å². The van der Waals surface area contributed by atoms with Crippen molar-refractivity contribution >= 4 is 10.0 Å². The lowest BCUT2D eigenvalue weighted by atomic mass is 10.1. The fourth-order valence-electron chi connectivity index (χ4n) is 2.41. The Hall–Kier alpha value is -0.910. The van der Waals surface area contributed by atoms with Gasteiger partial charge >= 0.3 is 0 Å². The van der Waals surface area contributed by atoms with Crippen molar-refractivity contribution in [1.82, 2.24) is 9.62 Å². The predicted molar refractivity (Wildman–Crippen MR) is 76.4 cm³/mol. The van der Waals surface area contributed by atoms with E-state index < -0.39 is 10.0 Å². The second-order valence-electron chi connectivity index (χ2n) is 5.41. The Bertz CT molecular complexity index is 499. The van der Waals surface area contributed by atoms with Crippen molar-refractivity contribution in [3.05, 3.63) is 30.3 Å². The summed E-state index contributed by atoms with van der Waals surface area (Å²) >= 11 is 0. The van der Waals surface area contributed by atoms with Gasteiger partial charge in [0.15, 0.2) is 0 Å². The summed E-state index contributed by atoms with van der Waals surface area (Å²) in [4.78, 5) is 2.73. The van der Waals surface area contributed by atoms with Gasteiger partial charge in [-0.1, -0.05) is 18.2 Å². The quantitative estimate of drug-likeness (QED) is 0.894. The number of hydrogen-bond acceptors (Lipinski definition) is 3. The van der Waals surface area contributed by atoms with Crippen LogP contribution in [0.2, 0.25) is 0 Å². The van der Waals surface area contributed by atoms with Crippen LogP contribution in [0, 0.1) is 5.92 Å². The van der Waals surface area contributed by atoms with Crippen LogP contribution in [0.5, 0.6) is 0 Å². The Balaban J connectivity index is 1.90. The molecule has 1 aromatic carbocycles. The van der Waals surface area contributed by atoms with Gasteiger partial charge in [-0.2, -0.15) is 0 Å². The second-order valence-corrected chi connectivity index (χ2v) is 7.18. The molecule has 1 aromatic rings. The highest BCUT2D eigenvalue weighted by molar-refractivity contribution is 7.89. The van der Waals surface area contributed by atoms with E-state index in [1.54, 1.807) is 24.3 Å². The molecule has 0 amide bonds. The molecule has 1 atom stereocenters. The zero-order valence-corrected chi connectivity index (χ0v) is 12.4. The van der Waals surface area contributed by atoms with E-state index in [0.29, 0.717) is 23.4 Å². The average Bonchev–Trinajstić information content (AvgIpc) is 2.87. The maximum Gasteiger partial charge on any atom is 0.240 e. The summed E-state index contributed by atoms with van der Waals surface area (Å²) in [5.74, 6) is 0.417. The molecule has 1 unspecified atom stereocenters. The summed E-state index contributed by atoms with van der Waals surface area (Å²) in [7, 11) is -3.35. The molecule has 19 heavy (non-hydrogen) atoms. The van der Waals surface area contributed by atoms with Gasteiger partial charge in [-0.15, -0.1) is 0 Å². The van der Waals surface area contributed by atoms with Crippen molar-refractivity contribution in [3.63, 3.8) is 0 Å². The molecule has 0 saturated carbocycles. The number of rotatable bonds is 5. The highest BCUT2D eigenvalue weighted by Gasteiger charge is 2.25. The van der Waals surface area contributed by atoms with E-state index in [0.717, 1.165) is 19.5 Å². The lowest BCUT2D eigenvalue weighted by molar-refractivity contribution is 0.265. The van der Waals surface area contributed by atoms with Crippen molar-refractivity contribution in [2.24, 2.45) is 5.92 Å². The summed E-state index contributed by atoms with van der Waals surface area (Å²) in [6.45, 7) is 6.93. The second kappa shape index (κ2) is 6.03. The zero-order chi connectivity index (χ0) is 13.9. The van der Waals surface area contributed by atoms with Crippen LogP contribution in [0.15, 0.2) is 35.2 Å². The van der Waals surface area contributed by atoms with Crippen molar-refractivity contribution in [2.75, 3.05) is 19.6 Å². The third-order valence-corrected chi connectivity index (χ3v) is 5.10. The number of sulfonamides is 1. The summed E-state index contributed by atoms with van der Waals surface area (Å²) in [6.07, 6.45) is 1.06. The Morgan fingerprint density at radius 3 is 2.58 bits per heavy atom. The Labute approximate surface area is 115 Å². The van der Waals surface area contributed by atoms with Gasteiger partial charge < -0.3 is 4.90 Å². The zero-order valence-electron chi connectivity index (χ0n) is 11.5. The summed E-state index contributed by atoms with van der Waals surface area (Å²) in [5, 5.41) is 0. The van der Waals surface area contributed by atoms with E-state index in [1.165, 1.54) is 0 Å². The van der Waals surface area contributed by atoms with E-state index in [4.69, 9.17) is 0 Å². The first-order chi connectivity index (χ1) is 8.99. The predicted octanol–water partition coefficient (Wildman–Crippen LogP) is 1.70. The third kappa shape index (κ3) is 3.78. The SMILES string of the molecule is CC(C)N1CCC(CNS(=O)(=O)c2ccccc2)C1. The Kier molecular flexibility index (Phi) is 4.60. The molecule has 2 rings (SSSR count). The van der Waals surface area contributed by atoms with Crippen molar-refractivity contribution in [3.8, 4) is 0 Å². The van der Waals surface area contributed by atoms with Gasteiger partial charge in [0.05, 0.1) is 4.90 Å².